The topological polar surface area (TPSA) is 57.7 Å². The number of benzene rings is 1. The quantitative estimate of drug-likeness (QED) is 0.605. The highest BCUT2D eigenvalue weighted by atomic mass is 32.1. The number of anilines is 1. The molecule has 5 rings (SSSR count). The van der Waals surface area contributed by atoms with Crippen LogP contribution in [0.15, 0.2) is 35.7 Å². The molecule has 3 aromatic rings. The number of rotatable bonds is 6. The number of aryl methyl sites for hydroxylation is 2. The Balaban J connectivity index is 1.40. The molecule has 0 bridgehead atoms. The van der Waals surface area contributed by atoms with Crippen LogP contribution < -0.4 is 10.2 Å². The zero-order valence-electron chi connectivity index (χ0n) is 18.6. The minimum Gasteiger partial charge on any atom is -0.450 e. The van der Waals surface area contributed by atoms with E-state index in [9.17, 15) is 4.79 Å². The van der Waals surface area contributed by atoms with Crippen LogP contribution in [0.3, 0.4) is 0 Å². The summed E-state index contributed by atoms with van der Waals surface area (Å²) in [6.07, 6.45) is 3.36. The Kier molecular flexibility index (Phi) is 6.28. The molecule has 7 heteroatoms. The second-order valence-electron chi connectivity index (χ2n) is 8.49. The van der Waals surface area contributed by atoms with Crippen molar-refractivity contribution >= 4 is 34.2 Å². The van der Waals surface area contributed by atoms with Crippen molar-refractivity contribution in [3.63, 3.8) is 0 Å². The Morgan fingerprint density at radius 2 is 1.94 bits per heavy atom. The van der Waals surface area contributed by atoms with E-state index in [-0.39, 0.29) is 6.09 Å². The number of nitrogens with one attached hydrogen (secondary N) is 1. The number of carbonyl (C=O) groups excluding carboxylic acids is 1. The van der Waals surface area contributed by atoms with E-state index in [2.05, 4.69) is 45.9 Å². The van der Waals surface area contributed by atoms with Gasteiger partial charge in [0.15, 0.2) is 0 Å². The summed E-state index contributed by atoms with van der Waals surface area (Å²) in [5.41, 5.74) is 5.23. The van der Waals surface area contributed by atoms with Gasteiger partial charge < -0.3 is 19.9 Å². The van der Waals surface area contributed by atoms with Gasteiger partial charge in [-0.3, -0.25) is 0 Å². The Hall–Kier alpha value is -2.64. The molecule has 1 amide bonds. The summed E-state index contributed by atoms with van der Waals surface area (Å²) in [5.74, 6) is 1.04. The average Bonchev–Trinajstić information content (AvgIpc) is 3.49. The minimum atomic E-state index is -0.216. The van der Waals surface area contributed by atoms with Gasteiger partial charge in [-0.1, -0.05) is 6.07 Å². The molecule has 1 aliphatic carbocycles. The zero-order chi connectivity index (χ0) is 21.9. The molecule has 1 aliphatic heterocycles. The van der Waals surface area contributed by atoms with Crippen LogP contribution in [0.2, 0.25) is 0 Å². The first kappa shape index (κ1) is 21.2. The van der Waals surface area contributed by atoms with E-state index in [0.717, 1.165) is 43.9 Å². The molecule has 0 saturated carbocycles. The predicted molar refractivity (Wildman–Crippen MR) is 129 cm³/mol. The fourth-order valence-corrected chi connectivity index (χ4v) is 5.41. The van der Waals surface area contributed by atoms with Crippen molar-refractivity contribution in [2.45, 2.75) is 39.3 Å². The Bertz CT molecular complexity index is 1090. The molecule has 0 radical (unpaired) electrons. The Labute approximate surface area is 193 Å². The first-order chi connectivity index (χ1) is 15.7. The molecule has 0 unspecified atom stereocenters. The monoisotopic (exact) mass is 450 g/mol. The van der Waals surface area contributed by atoms with Gasteiger partial charge in [0.25, 0.3) is 0 Å². The third-order valence-electron chi connectivity index (χ3n) is 6.38. The Morgan fingerprint density at radius 1 is 1.12 bits per heavy atom. The third kappa shape index (κ3) is 4.45. The molecule has 1 aromatic carbocycles. The number of fused-ring (bicyclic) bond motifs is 2. The van der Waals surface area contributed by atoms with Gasteiger partial charge in [0.2, 0.25) is 0 Å². The summed E-state index contributed by atoms with van der Waals surface area (Å²) in [6, 6.07) is 11.2. The molecule has 6 nitrogen and oxygen atoms in total. The van der Waals surface area contributed by atoms with Gasteiger partial charge in [-0.05, 0) is 67.0 Å². The predicted octanol–water partition coefficient (Wildman–Crippen LogP) is 4.35. The van der Waals surface area contributed by atoms with Gasteiger partial charge in [-0.15, -0.1) is 11.3 Å². The number of hydrogen-bond donors (Lipinski definition) is 1. The molecule has 0 atom stereocenters. The molecule has 0 spiro atoms. The van der Waals surface area contributed by atoms with Crippen molar-refractivity contribution in [3.8, 4) is 0 Å². The smallest absolute Gasteiger partial charge is 0.409 e. The lowest BCUT2D eigenvalue weighted by atomic mass is 10.0. The van der Waals surface area contributed by atoms with E-state index >= 15 is 0 Å². The fraction of sp³-hybridized carbons (Fsp3) is 0.440. The molecule has 1 N–H and O–H groups in total. The van der Waals surface area contributed by atoms with Crippen LogP contribution >= 0.6 is 11.3 Å². The number of piperazine rings is 1. The maximum Gasteiger partial charge on any atom is 0.409 e. The third-order valence-corrected chi connectivity index (χ3v) is 7.26. The second kappa shape index (κ2) is 9.46. The number of hydrogen-bond acceptors (Lipinski definition) is 6. The van der Waals surface area contributed by atoms with Gasteiger partial charge in [0.05, 0.1) is 12.1 Å². The van der Waals surface area contributed by atoms with Crippen LogP contribution in [0, 0.1) is 0 Å². The SMILES string of the molecule is CCOC(=O)N1CCN(c2nc3cc4c(cc3cc2CNCc2cccs2)CCC4)CC1. The van der Waals surface area contributed by atoms with Crippen molar-refractivity contribution in [1.29, 1.82) is 0 Å². The number of nitrogens with zero attached hydrogens (tertiary/aromatic N) is 3. The number of ether oxygens (including phenoxy) is 1. The lowest BCUT2D eigenvalue weighted by Crippen LogP contribution is -2.49. The van der Waals surface area contributed by atoms with E-state index in [1.54, 1.807) is 16.2 Å². The maximum absolute atomic E-state index is 12.1. The lowest BCUT2D eigenvalue weighted by molar-refractivity contribution is 0.105. The van der Waals surface area contributed by atoms with Gasteiger partial charge in [-0.25, -0.2) is 9.78 Å². The number of pyridine rings is 1. The summed E-state index contributed by atoms with van der Waals surface area (Å²) < 4.78 is 5.18. The summed E-state index contributed by atoms with van der Waals surface area (Å²) in [7, 11) is 0. The molecular weight excluding hydrogens is 420 g/mol. The van der Waals surface area contributed by atoms with Crippen molar-refractivity contribution < 1.29 is 9.53 Å². The van der Waals surface area contributed by atoms with E-state index in [1.807, 2.05) is 6.92 Å². The van der Waals surface area contributed by atoms with Gasteiger partial charge in [0.1, 0.15) is 5.82 Å². The molecule has 2 aliphatic rings. The van der Waals surface area contributed by atoms with Gasteiger partial charge >= 0.3 is 6.09 Å². The standard InChI is InChI=1S/C25H30N4O2S/c1-2-31-25(30)29-10-8-28(9-11-29)24-21(16-26-17-22-7-4-12-32-22)14-20-13-18-5-3-6-19(18)15-23(20)27-24/h4,7,12-15,26H,2-3,5-6,8-11,16-17H2,1H3. The number of thiophene rings is 1. The van der Waals surface area contributed by atoms with Gasteiger partial charge in [0, 0.05) is 55.1 Å². The highest BCUT2D eigenvalue weighted by Crippen LogP contribution is 2.30. The maximum atomic E-state index is 12.1. The van der Waals surface area contributed by atoms with E-state index < -0.39 is 0 Å². The number of amides is 1. The first-order valence-electron chi connectivity index (χ1n) is 11.6. The van der Waals surface area contributed by atoms with Crippen molar-refractivity contribution in [3.05, 3.63) is 57.3 Å². The molecule has 32 heavy (non-hydrogen) atoms. The van der Waals surface area contributed by atoms with Crippen molar-refractivity contribution in [2.24, 2.45) is 0 Å². The molecular formula is C25H30N4O2S. The minimum absolute atomic E-state index is 0.216. The molecule has 168 valence electrons. The Morgan fingerprint density at radius 3 is 2.69 bits per heavy atom. The summed E-state index contributed by atoms with van der Waals surface area (Å²) in [6.45, 7) is 6.73. The van der Waals surface area contributed by atoms with E-state index in [0.29, 0.717) is 19.7 Å². The van der Waals surface area contributed by atoms with Crippen molar-refractivity contribution in [1.82, 2.24) is 15.2 Å². The fourth-order valence-electron chi connectivity index (χ4n) is 4.73. The molecule has 1 saturated heterocycles. The molecule has 1 fully saturated rings. The zero-order valence-corrected chi connectivity index (χ0v) is 19.4. The highest BCUT2D eigenvalue weighted by Gasteiger charge is 2.25. The van der Waals surface area contributed by atoms with E-state index in [1.165, 1.54) is 39.8 Å². The van der Waals surface area contributed by atoms with Crippen LogP contribution in [-0.4, -0.2) is 48.8 Å². The summed E-state index contributed by atoms with van der Waals surface area (Å²) in [4.78, 5) is 22.7. The van der Waals surface area contributed by atoms with Crippen LogP contribution in [0.25, 0.3) is 10.9 Å². The van der Waals surface area contributed by atoms with Crippen LogP contribution in [0.5, 0.6) is 0 Å². The highest BCUT2D eigenvalue weighted by molar-refractivity contribution is 7.09. The first-order valence-corrected chi connectivity index (χ1v) is 12.4. The summed E-state index contributed by atoms with van der Waals surface area (Å²) in [5, 5.41) is 6.95. The average molecular weight is 451 g/mol. The van der Waals surface area contributed by atoms with E-state index in [4.69, 9.17) is 9.72 Å². The van der Waals surface area contributed by atoms with Crippen LogP contribution in [-0.2, 0) is 30.7 Å². The second-order valence-corrected chi connectivity index (χ2v) is 9.53. The summed E-state index contributed by atoms with van der Waals surface area (Å²) >= 11 is 1.78. The molecule has 3 heterocycles. The van der Waals surface area contributed by atoms with Gasteiger partial charge in [-0.2, -0.15) is 0 Å². The number of aromatic nitrogens is 1. The number of carbonyl (C=O) groups is 1. The molecule has 2 aromatic heterocycles. The van der Waals surface area contributed by atoms with Crippen LogP contribution in [0.1, 0.15) is 34.9 Å². The lowest BCUT2D eigenvalue weighted by Gasteiger charge is -2.35. The largest absolute Gasteiger partial charge is 0.450 e. The normalized spacial score (nSPS) is 15.9. The van der Waals surface area contributed by atoms with Crippen molar-refractivity contribution in [2.75, 3.05) is 37.7 Å². The van der Waals surface area contributed by atoms with Crippen LogP contribution in [0.4, 0.5) is 10.6 Å².